The van der Waals surface area contributed by atoms with E-state index in [2.05, 4.69) is 5.32 Å². The minimum absolute atomic E-state index is 0.0211. The first kappa shape index (κ1) is 21.8. The number of carbonyl (C=O) groups is 1. The van der Waals surface area contributed by atoms with E-state index >= 15 is 0 Å². The molecule has 158 valence electrons. The number of nitrogens with zero attached hydrogens (tertiary/aromatic N) is 2. The average Bonchev–Trinajstić information content (AvgIpc) is 2.75. The Bertz CT molecular complexity index is 1130. The van der Waals surface area contributed by atoms with Crippen molar-refractivity contribution in [2.24, 2.45) is 0 Å². The number of rotatable bonds is 6. The smallest absolute Gasteiger partial charge is 0.322 e. The van der Waals surface area contributed by atoms with Crippen LogP contribution in [0.2, 0.25) is 5.02 Å². The minimum Gasteiger partial charge on any atom is -0.396 e. The van der Waals surface area contributed by atoms with Gasteiger partial charge < -0.3 is 19.9 Å². The number of halogens is 2. The van der Waals surface area contributed by atoms with Crippen LogP contribution in [-0.2, 0) is 6.54 Å². The van der Waals surface area contributed by atoms with Gasteiger partial charge in [-0.25, -0.2) is 9.18 Å². The minimum atomic E-state index is -0.562. The van der Waals surface area contributed by atoms with Gasteiger partial charge in [-0.15, -0.1) is 0 Å². The van der Waals surface area contributed by atoms with Crippen LogP contribution in [-0.4, -0.2) is 34.3 Å². The molecule has 0 saturated heterocycles. The molecular formula is C22H23ClFN3O3. The number of amides is 2. The van der Waals surface area contributed by atoms with E-state index in [-0.39, 0.29) is 23.2 Å². The Balaban J connectivity index is 1.93. The molecule has 8 heteroatoms. The number of hydrogen-bond donors (Lipinski definition) is 2. The van der Waals surface area contributed by atoms with Crippen LogP contribution < -0.4 is 10.9 Å². The molecule has 2 aromatic carbocycles. The van der Waals surface area contributed by atoms with Crippen LogP contribution in [0, 0.1) is 5.82 Å². The molecule has 0 aliphatic heterocycles. The summed E-state index contributed by atoms with van der Waals surface area (Å²) in [6.07, 6.45) is 2.19. The maximum atomic E-state index is 13.4. The summed E-state index contributed by atoms with van der Waals surface area (Å²) in [6, 6.07) is 10.4. The molecule has 0 aliphatic carbocycles. The second-order valence-corrected chi connectivity index (χ2v) is 7.46. The quantitative estimate of drug-likeness (QED) is 0.607. The first-order valence-corrected chi connectivity index (χ1v) is 9.93. The predicted molar refractivity (Wildman–Crippen MR) is 117 cm³/mol. The second kappa shape index (κ2) is 9.28. The molecule has 3 rings (SSSR count). The van der Waals surface area contributed by atoms with Crippen LogP contribution in [0.3, 0.4) is 0 Å². The van der Waals surface area contributed by atoms with Gasteiger partial charge in [0.15, 0.2) is 0 Å². The Morgan fingerprint density at radius 2 is 1.97 bits per heavy atom. The number of fused-ring (bicyclic) bond motifs is 1. The molecule has 1 aromatic heterocycles. The van der Waals surface area contributed by atoms with Crippen LogP contribution in [0.1, 0.15) is 24.9 Å². The molecule has 0 bridgehead atoms. The van der Waals surface area contributed by atoms with Crippen LogP contribution in [0.4, 0.5) is 14.9 Å². The first-order valence-electron chi connectivity index (χ1n) is 9.55. The molecule has 0 fully saturated rings. The zero-order chi connectivity index (χ0) is 21.8. The van der Waals surface area contributed by atoms with Crippen molar-refractivity contribution in [3.05, 3.63) is 75.4 Å². The largest absolute Gasteiger partial charge is 0.396 e. The van der Waals surface area contributed by atoms with E-state index in [0.717, 1.165) is 10.9 Å². The number of hydrogen-bond acceptors (Lipinski definition) is 3. The Morgan fingerprint density at radius 3 is 2.63 bits per heavy atom. The van der Waals surface area contributed by atoms with Crippen molar-refractivity contribution in [1.29, 1.82) is 0 Å². The van der Waals surface area contributed by atoms with Gasteiger partial charge in [0.1, 0.15) is 5.82 Å². The average molecular weight is 432 g/mol. The Labute approximate surface area is 178 Å². The summed E-state index contributed by atoms with van der Waals surface area (Å²) in [5.74, 6) is -0.562. The number of pyridine rings is 1. The third kappa shape index (κ3) is 4.47. The van der Waals surface area contributed by atoms with Crippen molar-refractivity contribution in [2.75, 3.05) is 19.0 Å². The second-order valence-electron chi connectivity index (χ2n) is 7.05. The molecule has 1 unspecified atom stereocenters. The summed E-state index contributed by atoms with van der Waals surface area (Å²) in [5.41, 5.74) is 1.05. The molecule has 0 radical (unpaired) electrons. The number of carbonyl (C=O) groups excluding carboxylic acids is 1. The number of aliphatic hydroxyl groups excluding tert-OH is 1. The van der Waals surface area contributed by atoms with Gasteiger partial charge in [0.2, 0.25) is 0 Å². The normalized spacial score (nSPS) is 12.0. The van der Waals surface area contributed by atoms with Crippen LogP contribution in [0.15, 0.2) is 53.5 Å². The predicted octanol–water partition coefficient (Wildman–Crippen LogP) is 4.40. The van der Waals surface area contributed by atoms with E-state index < -0.39 is 11.8 Å². The molecule has 2 N–H and O–H groups in total. The summed E-state index contributed by atoms with van der Waals surface area (Å²) < 4.78 is 14.9. The summed E-state index contributed by atoms with van der Waals surface area (Å²) in [4.78, 5) is 27.0. The van der Waals surface area contributed by atoms with Crippen molar-refractivity contribution in [1.82, 2.24) is 9.47 Å². The Hall–Kier alpha value is -2.90. The highest BCUT2D eigenvalue weighted by Crippen LogP contribution is 2.27. The molecule has 30 heavy (non-hydrogen) atoms. The molecular weight excluding hydrogens is 409 g/mol. The van der Waals surface area contributed by atoms with Crippen molar-refractivity contribution >= 4 is 34.1 Å². The number of urea groups is 1. The molecule has 2 amide bonds. The van der Waals surface area contributed by atoms with E-state index in [9.17, 15) is 14.0 Å². The maximum absolute atomic E-state index is 13.4. The number of anilines is 1. The van der Waals surface area contributed by atoms with E-state index in [1.165, 1.54) is 23.1 Å². The highest BCUT2D eigenvalue weighted by Gasteiger charge is 2.21. The SMILES string of the molecule is CC(c1cn(CCCO)c(=O)c2ccccc12)N(C)C(=O)Nc1ccc(F)c(Cl)c1. The summed E-state index contributed by atoms with van der Waals surface area (Å²) in [5, 5.41) is 13.1. The van der Waals surface area contributed by atoms with Gasteiger partial charge in [0.05, 0.1) is 11.1 Å². The third-order valence-corrected chi connectivity index (χ3v) is 5.39. The van der Waals surface area contributed by atoms with Gasteiger partial charge in [0.25, 0.3) is 5.56 Å². The van der Waals surface area contributed by atoms with Gasteiger partial charge >= 0.3 is 6.03 Å². The van der Waals surface area contributed by atoms with Gasteiger partial charge in [-0.2, -0.15) is 0 Å². The molecule has 3 aromatic rings. The van der Waals surface area contributed by atoms with E-state index in [0.29, 0.717) is 24.0 Å². The van der Waals surface area contributed by atoms with Crippen molar-refractivity contribution in [3.8, 4) is 0 Å². The lowest BCUT2D eigenvalue weighted by Crippen LogP contribution is -2.34. The van der Waals surface area contributed by atoms with Crippen LogP contribution >= 0.6 is 11.6 Å². The molecule has 0 saturated carbocycles. The summed E-state index contributed by atoms with van der Waals surface area (Å²) in [6.45, 7) is 2.22. The number of nitrogens with one attached hydrogen (secondary N) is 1. The van der Waals surface area contributed by atoms with Crippen molar-refractivity contribution in [3.63, 3.8) is 0 Å². The van der Waals surface area contributed by atoms with Crippen LogP contribution in [0.5, 0.6) is 0 Å². The highest BCUT2D eigenvalue weighted by atomic mass is 35.5. The molecule has 1 heterocycles. The third-order valence-electron chi connectivity index (χ3n) is 5.10. The summed E-state index contributed by atoms with van der Waals surface area (Å²) in [7, 11) is 1.64. The van der Waals surface area contributed by atoms with Gasteiger partial charge in [-0.3, -0.25) is 4.79 Å². The molecule has 1 atom stereocenters. The van der Waals surface area contributed by atoms with Crippen molar-refractivity contribution < 1.29 is 14.3 Å². The van der Waals surface area contributed by atoms with Crippen molar-refractivity contribution in [2.45, 2.75) is 25.9 Å². The fourth-order valence-electron chi connectivity index (χ4n) is 3.28. The van der Waals surface area contributed by atoms with Gasteiger partial charge in [0, 0.05) is 37.5 Å². The fourth-order valence-corrected chi connectivity index (χ4v) is 3.46. The summed E-state index contributed by atoms with van der Waals surface area (Å²) >= 11 is 5.78. The topological polar surface area (TPSA) is 74.6 Å². The zero-order valence-electron chi connectivity index (χ0n) is 16.7. The van der Waals surface area contributed by atoms with Gasteiger partial charge in [-0.1, -0.05) is 29.8 Å². The monoisotopic (exact) mass is 431 g/mol. The van der Waals surface area contributed by atoms with E-state index in [4.69, 9.17) is 16.7 Å². The molecule has 0 aliphatic rings. The number of benzene rings is 2. The molecule has 6 nitrogen and oxygen atoms in total. The Morgan fingerprint density at radius 1 is 1.27 bits per heavy atom. The first-order chi connectivity index (χ1) is 14.3. The van der Waals surface area contributed by atoms with E-state index in [1.54, 1.807) is 29.9 Å². The number of aromatic nitrogens is 1. The number of aliphatic hydroxyl groups is 1. The standard InChI is InChI=1S/C22H23ClFN3O3/c1-14(26(2)22(30)25-15-8-9-20(24)19(23)12-15)18-13-27(10-5-11-28)21(29)17-7-4-3-6-16(17)18/h3-4,6-9,12-14,28H,5,10-11H2,1-2H3,(H,25,30). The molecule has 0 spiro atoms. The van der Waals surface area contributed by atoms with Crippen LogP contribution in [0.25, 0.3) is 10.8 Å². The lowest BCUT2D eigenvalue weighted by atomic mass is 10.0. The highest BCUT2D eigenvalue weighted by molar-refractivity contribution is 6.31. The van der Waals surface area contributed by atoms with E-state index in [1.807, 2.05) is 19.1 Å². The van der Waals surface area contributed by atoms with Gasteiger partial charge in [-0.05, 0) is 48.6 Å². The zero-order valence-corrected chi connectivity index (χ0v) is 17.5. The number of aryl methyl sites for hydroxylation is 1. The maximum Gasteiger partial charge on any atom is 0.322 e. The lowest BCUT2D eigenvalue weighted by Gasteiger charge is -2.27. The fraction of sp³-hybridized carbons (Fsp3) is 0.273. The lowest BCUT2D eigenvalue weighted by molar-refractivity contribution is 0.208. The Kier molecular flexibility index (Phi) is 6.74.